The Kier molecular flexibility index (Phi) is 8.12. The zero-order valence-electron chi connectivity index (χ0n) is 17.4. The van der Waals surface area contributed by atoms with Gasteiger partial charge < -0.3 is 24.7 Å². The second-order valence-electron chi connectivity index (χ2n) is 7.29. The number of rotatable bonds is 8. The Morgan fingerprint density at radius 3 is 2.25 bits per heavy atom. The van der Waals surface area contributed by atoms with Crippen molar-refractivity contribution in [1.82, 2.24) is 9.80 Å². The van der Waals surface area contributed by atoms with Gasteiger partial charge in [0.1, 0.15) is 6.61 Å². The van der Waals surface area contributed by atoms with Crippen LogP contribution < -0.4 is 10.6 Å². The molecule has 3 amide bonds. The third kappa shape index (κ3) is 7.57. The number of alkyl halides is 3. The number of halogens is 3. The van der Waals surface area contributed by atoms with Crippen molar-refractivity contribution in [2.45, 2.75) is 12.6 Å². The number of nitrogens with zero attached hydrogens (tertiary/aromatic N) is 2. The molecule has 32 heavy (non-hydrogen) atoms. The van der Waals surface area contributed by atoms with Gasteiger partial charge in [-0.3, -0.25) is 9.69 Å². The van der Waals surface area contributed by atoms with Crippen LogP contribution in [0.5, 0.6) is 0 Å². The Hall–Kier alpha value is -3.05. The lowest BCUT2D eigenvalue weighted by Gasteiger charge is -2.34. The van der Waals surface area contributed by atoms with E-state index in [-0.39, 0.29) is 24.3 Å². The third-order valence-corrected chi connectivity index (χ3v) is 4.83. The molecule has 174 valence electrons. The lowest BCUT2D eigenvalue weighted by atomic mass is 10.2. The Balaban J connectivity index is 1.35. The van der Waals surface area contributed by atoms with Gasteiger partial charge in [0.2, 0.25) is 0 Å². The number of nitrogens with one attached hydrogen (secondary N) is 2. The van der Waals surface area contributed by atoms with E-state index >= 15 is 0 Å². The molecule has 2 heterocycles. The van der Waals surface area contributed by atoms with Gasteiger partial charge in [0.05, 0.1) is 6.26 Å². The summed E-state index contributed by atoms with van der Waals surface area (Å²) < 4.78 is 45.8. The predicted molar refractivity (Wildman–Crippen MR) is 112 cm³/mol. The molecule has 0 unspecified atom stereocenters. The Morgan fingerprint density at radius 2 is 1.66 bits per heavy atom. The first-order valence-corrected chi connectivity index (χ1v) is 10.2. The molecular weight excluding hydrogens is 429 g/mol. The van der Waals surface area contributed by atoms with Crippen molar-refractivity contribution in [3.63, 3.8) is 0 Å². The molecule has 1 aromatic heterocycles. The van der Waals surface area contributed by atoms with E-state index in [4.69, 9.17) is 4.42 Å². The molecule has 2 N–H and O–H groups in total. The van der Waals surface area contributed by atoms with Crippen molar-refractivity contribution in [3.8, 4) is 0 Å². The lowest BCUT2D eigenvalue weighted by Crippen LogP contribution is -2.50. The Labute approximate surface area is 183 Å². The van der Waals surface area contributed by atoms with Crippen LogP contribution in [0.4, 0.5) is 29.3 Å². The summed E-state index contributed by atoms with van der Waals surface area (Å²) in [5, 5.41) is 5.52. The van der Waals surface area contributed by atoms with Crippen LogP contribution in [0.1, 0.15) is 17.0 Å². The van der Waals surface area contributed by atoms with E-state index < -0.39 is 12.8 Å². The largest absolute Gasteiger partial charge is 0.459 e. The molecule has 0 bridgehead atoms. The fraction of sp³-hybridized carbons (Fsp3) is 0.429. The maximum Gasteiger partial charge on any atom is 0.411 e. The standard InChI is InChI=1S/C21H25F3N4O4/c22-21(23,24)15-31-13-2-8-27-9-11-28(12-10-27)20(30)26-17-6-4-16(5-7-17)25-19(29)18-3-1-14-32-18/h1,3-7,14H,2,8-13,15H2,(H,25,29)(H,26,30). The van der Waals surface area contributed by atoms with Gasteiger partial charge >= 0.3 is 12.2 Å². The van der Waals surface area contributed by atoms with Gasteiger partial charge in [-0.1, -0.05) is 0 Å². The first-order valence-electron chi connectivity index (χ1n) is 10.2. The topological polar surface area (TPSA) is 87.1 Å². The molecule has 8 nitrogen and oxygen atoms in total. The van der Waals surface area contributed by atoms with E-state index in [1.807, 2.05) is 0 Å². The van der Waals surface area contributed by atoms with Crippen LogP contribution in [0.3, 0.4) is 0 Å². The van der Waals surface area contributed by atoms with Gasteiger partial charge in [-0.05, 0) is 42.8 Å². The molecule has 0 radical (unpaired) electrons. The fourth-order valence-corrected chi connectivity index (χ4v) is 3.19. The monoisotopic (exact) mass is 454 g/mol. The predicted octanol–water partition coefficient (Wildman–Crippen LogP) is 3.65. The number of urea groups is 1. The van der Waals surface area contributed by atoms with E-state index in [1.54, 1.807) is 41.3 Å². The van der Waals surface area contributed by atoms with Gasteiger partial charge in [0, 0.05) is 50.7 Å². The van der Waals surface area contributed by atoms with E-state index in [9.17, 15) is 22.8 Å². The zero-order chi connectivity index (χ0) is 23.0. The summed E-state index contributed by atoms with van der Waals surface area (Å²) >= 11 is 0. The van der Waals surface area contributed by atoms with Gasteiger partial charge in [-0.2, -0.15) is 13.2 Å². The van der Waals surface area contributed by atoms with E-state index in [0.717, 1.165) is 0 Å². The van der Waals surface area contributed by atoms with Crippen LogP contribution >= 0.6 is 0 Å². The quantitative estimate of drug-likeness (QED) is 0.595. The van der Waals surface area contributed by atoms with Gasteiger partial charge in [0.25, 0.3) is 5.91 Å². The highest BCUT2D eigenvalue weighted by Crippen LogP contribution is 2.16. The number of hydrogen-bond acceptors (Lipinski definition) is 5. The number of hydrogen-bond donors (Lipinski definition) is 2. The van der Waals surface area contributed by atoms with Crippen molar-refractivity contribution in [1.29, 1.82) is 0 Å². The molecule has 1 saturated heterocycles. The van der Waals surface area contributed by atoms with Crippen molar-refractivity contribution in [3.05, 3.63) is 48.4 Å². The highest BCUT2D eigenvalue weighted by molar-refractivity contribution is 6.02. The number of ether oxygens (including phenoxy) is 1. The number of benzene rings is 1. The summed E-state index contributed by atoms with van der Waals surface area (Å²) in [5.41, 5.74) is 1.16. The summed E-state index contributed by atoms with van der Waals surface area (Å²) in [4.78, 5) is 28.2. The zero-order valence-corrected chi connectivity index (χ0v) is 17.4. The normalized spacial score (nSPS) is 14.9. The summed E-state index contributed by atoms with van der Waals surface area (Å²) in [6.07, 6.45) is -2.38. The van der Waals surface area contributed by atoms with Crippen LogP contribution in [0.2, 0.25) is 0 Å². The first kappa shape index (κ1) is 23.6. The minimum absolute atomic E-state index is 0.0537. The molecule has 3 rings (SSSR count). The van der Waals surface area contributed by atoms with Crippen LogP contribution in [0, 0.1) is 0 Å². The van der Waals surface area contributed by atoms with Gasteiger partial charge in [-0.25, -0.2) is 4.79 Å². The van der Waals surface area contributed by atoms with Crippen molar-refractivity contribution in [2.24, 2.45) is 0 Å². The molecule has 0 saturated carbocycles. The third-order valence-electron chi connectivity index (χ3n) is 4.83. The van der Waals surface area contributed by atoms with E-state index in [1.165, 1.54) is 6.26 Å². The van der Waals surface area contributed by atoms with Gasteiger partial charge in [0.15, 0.2) is 5.76 Å². The molecule has 11 heteroatoms. The number of furan rings is 1. The van der Waals surface area contributed by atoms with Crippen molar-refractivity contribution >= 4 is 23.3 Å². The van der Waals surface area contributed by atoms with Crippen molar-refractivity contribution < 1.29 is 31.9 Å². The number of carbonyl (C=O) groups excluding carboxylic acids is 2. The molecule has 0 aliphatic carbocycles. The maximum absolute atomic E-state index is 12.5. The highest BCUT2D eigenvalue weighted by atomic mass is 19.4. The minimum atomic E-state index is -4.30. The van der Waals surface area contributed by atoms with Gasteiger partial charge in [-0.15, -0.1) is 0 Å². The average Bonchev–Trinajstić information content (AvgIpc) is 3.30. The summed E-state index contributed by atoms with van der Waals surface area (Å²) in [7, 11) is 0. The second kappa shape index (κ2) is 11.0. The Bertz CT molecular complexity index is 864. The molecule has 2 aromatic rings. The smallest absolute Gasteiger partial charge is 0.411 e. The van der Waals surface area contributed by atoms with Crippen molar-refractivity contribution in [2.75, 3.05) is 56.6 Å². The fourth-order valence-electron chi connectivity index (χ4n) is 3.19. The maximum atomic E-state index is 12.5. The van der Waals surface area contributed by atoms with Crippen LogP contribution in [-0.2, 0) is 4.74 Å². The lowest BCUT2D eigenvalue weighted by molar-refractivity contribution is -0.174. The SMILES string of the molecule is O=C(Nc1ccc(NC(=O)N2CCN(CCCOCC(F)(F)F)CC2)cc1)c1ccco1. The van der Waals surface area contributed by atoms with Crippen LogP contribution in [0.15, 0.2) is 47.1 Å². The average molecular weight is 454 g/mol. The molecular formula is C21H25F3N4O4. The summed E-state index contributed by atoms with van der Waals surface area (Å²) in [5.74, 6) is -0.160. The molecule has 1 aromatic carbocycles. The van der Waals surface area contributed by atoms with Crippen LogP contribution in [0.25, 0.3) is 0 Å². The highest BCUT2D eigenvalue weighted by Gasteiger charge is 2.27. The molecule has 1 aliphatic rings. The number of carbonyl (C=O) groups is 2. The molecule has 0 atom stereocenters. The number of piperazine rings is 1. The molecule has 1 fully saturated rings. The first-order chi connectivity index (χ1) is 15.3. The number of anilines is 2. The number of amides is 3. The minimum Gasteiger partial charge on any atom is -0.459 e. The van der Waals surface area contributed by atoms with Crippen LogP contribution in [-0.4, -0.2) is 73.9 Å². The molecule has 0 spiro atoms. The molecule has 1 aliphatic heterocycles. The summed E-state index contributed by atoms with van der Waals surface area (Å²) in [6.45, 7) is 1.78. The second-order valence-corrected chi connectivity index (χ2v) is 7.29. The van der Waals surface area contributed by atoms with E-state index in [0.29, 0.717) is 50.5 Å². The van der Waals surface area contributed by atoms with E-state index in [2.05, 4.69) is 20.3 Å². The summed E-state index contributed by atoms with van der Waals surface area (Å²) in [6, 6.07) is 9.68. The Morgan fingerprint density at radius 1 is 1.00 bits per heavy atom.